The van der Waals surface area contributed by atoms with E-state index < -0.39 is 0 Å². The molecule has 0 saturated heterocycles. The molecule has 1 aliphatic rings. The molecule has 1 aliphatic carbocycles. The number of carbonyl (C=O) groups is 1. The first-order valence-corrected chi connectivity index (χ1v) is 7.00. The summed E-state index contributed by atoms with van der Waals surface area (Å²) in [5, 5.41) is 4.04. The van der Waals surface area contributed by atoms with Crippen molar-refractivity contribution in [1.29, 1.82) is 0 Å². The van der Waals surface area contributed by atoms with Gasteiger partial charge in [-0.2, -0.15) is 11.3 Å². The van der Waals surface area contributed by atoms with Crippen LogP contribution in [0.5, 0.6) is 0 Å². The Kier molecular flexibility index (Phi) is 3.94. The van der Waals surface area contributed by atoms with Crippen molar-refractivity contribution < 1.29 is 4.79 Å². The number of ketones is 1. The van der Waals surface area contributed by atoms with E-state index in [1.165, 1.54) is 25.7 Å². The monoisotopic (exact) mass is 234 g/mol. The molecule has 0 spiro atoms. The Balaban J connectivity index is 2.17. The molecule has 0 N–H and O–H groups in total. The minimum Gasteiger partial charge on any atom is -0.289 e. The fraction of sp³-hybridized carbons (Fsp3) is 0.500. The molecule has 0 unspecified atom stereocenters. The topological polar surface area (TPSA) is 17.1 Å². The summed E-state index contributed by atoms with van der Waals surface area (Å²) in [5.41, 5.74) is 3.08. The van der Waals surface area contributed by atoms with Crippen LogP contribution in [0.1, 0.15) is 54.4 Å². The molecule has 0 aromatic carbocycles. The van der Waals surface area contributed by atoms with Crippen molar-refractivity contribution in [3.63, 3.8) is 0 Å². The van der Waals surface area contributed by atoms with E-state index in [-0.39, 0.29) is 5.78 Å². The summed E-state index contributed by atoms with van der Waals surface area (Å²) in [7, 11) is 0. The molecule has 0 amide bonds. The molecule has 0 atom stereocenters. The lowest BCUT2D eigenvalue weighted by molar-refractivity contribution is 0.102. The molecule has 0 fully saturated rings. The number of hydrogen-bond donors (Lipinski definition) is 0. The number of carbonyl (C=O) groups excluding carboxylic acids is 1. The highest BCUT2D eigenvalue weighted by molar-refractivity contribution is 7.08. The van der Waals surface area contributed by atoms with E-state index in [9.17, 15) is 4.79 Å². The maximum atomic E-state index is 12.3. The molecule has 1 aromatic rings. The number of rotatable bonds is 2. The summed E-state index contributed by atoms with van der Waals surface area (Å²) in [6.07, 6.45) is 9.19. The summed E-state index contributed by atoms with van der Waals surface area (Å²) >= 11 is 1.62. The third-order valence-electron chi connectivity index (χ3n) is 3.18. The molecule has 0 aliphatic heterocycles. The van der Waals surface area contributed by atoms with Crippen LogP contribution >= 0.6 is 11.3 Å². The number of hydrogen-bond acceptors (Lipinski definition) is 2. The summed E-state index contributed by atoms with van der Waals surface area (Å²) < 4.78 is 0. The zero-order valence-corrected chi connectivity index (χ0v) is 10.6. The SMILES string of the molecule is Cc1cscc1C(=O)/C1=C/CCCCCC1. The van der Waals surface area contributed by atoms with Gasteiger partial charge >= 0.3 is 0 Å². The lowest BCUT2D eigenvalue weighted by atomic mass is 9.94. The highest BCUT2D eigenvalue weighted by atomic mass is 32.1. The number of allylic oxidation sites excluding steroid dienone is 2. The summed E-state index contributed by atoms with van der Waals surface area (Å²) in [6, 6.07) is 0. The molecular formula is C14H18OS. The van der Waals surface area contributed by atoms with E-state index in [1.807, 2.05) is 12.3 Å². The van der Waals surface area contributed by atoms with Gasteiger partial charge in [-0.3, -0.25) is 4.79 Å². The Bertz CT molecular complexity index is 401. The largest absolute Gasteiger partial charge is 0.289 e. The van der Waals surface area contributed by atoms with E-state index in [0.717, 1.165) is 29.5 Å². The van der Waals surface area contributed by atoms with Crippen molar-refractivity contribution in [3.8, 4) is 0 Å². The van der Waals surface area contributed by atoms with E-state index in [2.05, 4.69) is 11.5 Å². The van der Waals surface area contributed by atoms with E-state index in [1.54, 1.807) is 11.3 Å². The van der Waals surface area contributed by atoms with Crippen LogP contribution in [-0.2, 0) is 0 Å². The Morgan fingerprint density at radius 3 is 2.75 bits per heavy atom. The highest BCUT2D eigenvalue weighted by Crippen LogP contribution is 2.23. The first kappa shape index (κ1) is 11.6. The molecule has 86 valence electrons. The Hall–Kier alpha value is -0.890. The summed E-state index contributed by atoms with van der Waals surface area (Å²) in [4.78, 5) is 12.3. The van der Waals surface area contributed by atoms with Crippen LogP contribution in [0.3, 0.4) is 0 Å². The molecular weight excluding hydrogens is 216 g/mol. The molecule has 0 saturated carbocycles. The van der Waals surface area contributed by atoms with Crippen LogP contribution in [0.2, 0.25) is 0 Å². The average Bonchev–Trinajstić information content (AvgIpc) is 2.63. The second-order valence-corrected chi connectivity index (χ2v) is 5.22. The first-order valence-electron chi connectivity index (χ1n) is 6.05. The third-order valence-corrected chi connectivity index (χ3v) is 4.04. The normalized spacial score (nSPS) is 20.7. The van der Waals surface area contributed by atoms with Gasteiger partial charge in [0.2, 0.25) is 0 Å². The highest BCUT2D eigenvalue weighted by Gasteiger charge is 2.15. The summed E-state index contributed by atoms with van der Waals surface area (Å²) in [6.45, 7) is 2.02. The lowest BCUT2D eigenvalue weighted by Crippen LogP contribution is -2.05. The molecule has 0 radical (unpaired) electrons. The van der Waals surface area contributed by atoms with Crippen molar-refractivity contribution in [3.05, 3.63) is 33.5 Å². The predicted octanol–water partition coefficient (Wildman–Crippen LogP) is 4.52. The van der Waals surface area contributed by atoms with Crippen LogP contribution < -0.4 is 0 Å². The van der Waals surface area contributed by atoms with E-state index in [0.29, 0.717) is 0 Å². The maximum Gasteiger partial charge on any atom is 0.189 e. The van der Waals surface area contributed by atoms with Crippen molar-refractivity contribution in [2.45, 2.75) is 45.4 Å². The van der Waals surface area contributed by atoms with Gasteiger partial charge in [0.15, 0.2) is 5.78 Å². The first-order chi connectivity index (χ1) is 7.79. The van der Waals surface area contributed by atoms with Gasteiger partial charge in [-0.05, 0) is 49.1 Å². The smallest absolute Gasteiger partial charge is 0.189 e. The van der Waals surface area contributed by atoms with Gasteiger partial charge in [-0.25, -0.2) is 0 Å². The molecule has 1 aromatic heterocycles. The van der Waals surface area contributed by atoms with E-state index >= 15 is 0 Å². The van der Waals surface area contributed by atoms with Crippen LogP contribution in [0, 0.1) is 6.92 Å². The van der Waals surface area contributed by atoms with Crippen LogP contribution in [0.15, 0.2) is 22.4 Å². The molecule has 1 nitrogen and oxygen atoms in total. The summed E-state index contributed by atoms with van der Waals surface area (Å²) in [5.74, 6) is 0.264. The van der Waals surface area contributed by atoms with Gasteiger partial charge in [0.25, 0.3) is 0 Å². The van der Waals surface area contributed by atoms with Gasteiger partial charge in [-0.1, -0.05) is 18.9 Å². The quantitative estimate of drug-likeness (QED) is 0.688. The Morgan fingerprint density at radius 1 is 1.19 bits per heavy atom. The van der Waals surface area contributed by atoms with Crippen molar-refractivity contribution >= 4 is 17.1 Å². The standard InChI is InChI=1S/C14H18OS/c1-11-9-16-10-13(11)14(15)12-7-5-3-2-4-6-8-12/h7,9-10H,2-6,8H2,1H3/b12-7+. The minimum atomic E-state index is 0.264. The second-order valence-electron chi connectivity index (χ2n) is 4.48. The molecule has 2 rings (SSSR count). The van der Waals surface area contributed by atoms with Crippen molar-refractivity contribution in [1.82, 2.24) is 0 Å². The zero-order chi connectivity index (χ0) is 11.4. The molecule has 2 heteroatoms. The van der Waals surface area contributed by atoms with Crippen LogP contribution in [0.25, 0.3) is 0 Å². The number of Topliss-reactive ketones (excluding diaryl/α,β-unsaturated/α-hetero) is 1. The van der Waals surface area contributed by atoms with Gasteiger partial charge in [0, 0.05) is 10.9 Å². The number of thiophene rings is 1. The van der Waals surface area contributed by atoms with Gasteiger partial charge < -0.3 is 0 Å². The Morgan fingerprint density at radius 2 is 2.00 bits per heavy atom. The van der Waals surface area contributed by atoms with Crippen LogP contribution in [0.4, 0.5) is 0 Å². The van der Waals surface area contributed by atoms with E-state index in [4.69, 9.17) is 0 Å². The average molecular weight is 234 g/mol. The predicted molar refractivity (Wildman–Crippen MR) is 69.2 cm³/mol. The van der Waals surface area contributed by atoms with Gasteiger partial charge in [-0.15, -0.1) is 0 Å². The second kappa shape index (κ2) is 5.44. The van der Waals surface area contributed by atoms with Crippen molar-refractivity contribution in [2.24, 2.45) is 0 Å². The zero-order valence-electron chi connectivity index (χ0n) is 9.79. The number of aryl methyl sites for hydroxylation is 1. The Labute approximate surface area is 101 Å². The minimum absolute atomic E-state index is 0.264. The van der Waals surface area contributed by atoms with Gasteiger partial charge in [0.05, 0.1) is 0 Å². The maximum absolute atomic E-state index is 12.3. The molecule has 16 heavy (non-hydrogen) atoms. The van der Waals surface area contributed by atoms with Crippen molar-refractivity contribution in [2.75, 3.05) is 0 Å². The lowest BCUT2D eigenvalue weighted by Gasteiger charge is -2.10. The molecule has 0 bridgehead atoms. The van der Waals surface area contributed by atoms with Crippen LogP contribution in [-0.4, -0.2) is 5.78 Å². The third kappa shape index (κ3) is 2.62. The fourth-order valence-electron chi connectivity index (χ4n) is 2.16. The fourth-order valence-corrected chi connectivity index (χ4v) is 2.99. The van der Waals surface area contributed by atoms with Gasteiger partial charge in [0.1, 0.15) is 0 Å². The molecule has 1 heterocycles.